The van der Waals surface area contributed by atoms with E-state index < -0.39 is 10.7 Å². The summed E-state index contributed by atoms with van der Waals surface area (Å²) in [5, 5.41) is 13.9. The van der Waals surface area contributed by atoms with E-state index >= 15 is 0 Å². The molecule has 0 aromatic heterocycles. The van der Waals surface area contributed by atoms with Crippen LogP contribution in [0.15, 0.2) is 12.1 Å². The van der Waals surface area contributed by atoms with Crippen molar-refractivity contribution in [1.82, 2.24) is 10.2 Å². The monoisotopic (exact) mass is 283 g/mol. The second kappa shape index (κ2) is 6.62. The number of hydrogen-bond acceptors (Lipinski definition) is 5. The van der Waals surface area contributed by atoms with Crippen molar-refractivity contribution in [1.29, 1.82) is 0 Å². The number of ether oxygens (including phenoxy) is 1. The summed E-state index contributed by atoms with van der Waals surface area (Å²) in [4.78, 5) is 12.3. The lowest BCUT2D eigenvalue weighted by molar-refractivity contribution is -0.385. The van der Waals surface area contributed by atoms with Crippen LogP contribution in [0.2, 0.25) is 0 Å². The fourth-order valence-corrected chi connectivity index (χ4v) is 2.17. The molecule has 0 unspecified atom stereocenters. The highest BCUT2D eigenvalue weighted by Crippen LogP contribution is 2.26. The minimum Gasteiger partial charge on any atom is -0.489 e. The fourth-order valence-electron chi connectivity index (χ4n) is 2.17. The minimum atomic E-state index is -0.692. The largest absolute Gasteiger partial charge is 0.489 e. The highest BCUT2D eigenvalue weighted by Gasteiger charge is 2.16. The molecular formula is C13H18FN3O3. The Morgan fingerprint density at radius 2 is 2.15 bits per heavy atom. The Balaban J connectivity index is 1.92. The molecule has 20 heavy (non-hydrogen) atoms. The van der Waals surface area contributed by atoms with Crippen molar-refractivity contribution in [3.8, 4) is 5.75 Å². The van der Waals surface area contributed by atoms with Gasteiger partial charge in [-0.05, 0) is 13.0 Å². The van der Waals surface area contributed by atoms with Gasteiger partial charge in [-0.2, -0.15) is 0 Å². The van der Waals surface area contributed by atoms with Crippen LogP contribution in [-0.4, -0.2) is 49.2 Å². The van der Waals surface area contributed by atoms with Crippen molar-refractivity contribution < 1.29 is 14.1 Å². The summed E-state index contributed by atoms with van der Waals surface area (Å²) in [6.45, 7) is 6.46. The van der Waals surface area contributed by atoms with Gasteiger partial charge in [0.1, 0.15) is 6.61 Å². The van der Waals surface area contributed by atoms with Gasteiger partial charge < -0.3 is 10.1 Å². The second-order valence-corrected chi connectivity index (χ2v) is 4.77. The number of benzene rings is 1. The summed E-state index contributed by atoms with van der Waals surface area (Å²) in [6, 6.07) is 2.29. The van der Waals surface area contributed by atoms with E-state index in [0.29, 0.717) is 12.2 Å². The molecule has 110 valence electrons. The predicted molar refractivity (Wildman–Crippen MR) is 72.6 cm³/mol. The Morgan fingerprint density at radius 3 is 2.80 bits per heavy atom. The van der Waals surface area contributed by atoms with E-state index in [1.54, 1.807) is 6.92 Å². The van der Waals surface area contributed by atoms with Gasteiger partial charge >= 0.3 is 0 Å². The molecule has 0 atom stereocenters. The van der Waals surface area contributed by atoms with Crippen LogP contribution in [0.4, 0.5) is 10.1 Å². The van der Waals surface area contributed by atoms with Crippen LogP contribution < -0.4 is 10.1 Å². The predicted octanol–water partition coefficient (Wildman–Crippen LogP) is 1.33. The van der Waals surface area contributed by atoms with Crippen molar-refractivity contribution in [3.63, 3.8) is 0 Å². The molecule has 0 spiro atoms. The molecule has 0 saturated carbocycles. The maximum Gasteiger partial charge on any atom is 0.275 e. The molecule has 6 nitrogen and oxygen atoms in total. The van der Waals surface area contributed by atoms with Crippen LogP contribution in [0.25, 0.3) is 0 Å². The molecule has 7 heteroatoms. The normalized spacial score (nSPS) is 16.1. The number of nitrogens with one attached hydrogen (secondary N) is 1. The van der Waals surface area contributed by atoms with E-state index in [9.17, 15) is 14.5 Å². The first-order valence-corrected chi connectivity index (χ1v) is 6.58. The van der Waals surface area contributed by atoms with Crippen molar-refractivity contribution in [2.45, 2.75) is 6.92 Å². The molecular weight excluding hydrogens is 265 g/mol. The number of piperazine rings is 1. The van der Waals surface area contributed by atoms with Crippen LogP contribution in [0, 0.1) is 22.9 Å². The summed E-state index contributed by atoms with van der Waals surface area (Å²) in [5.74, 6) is -0.620. The maximum absolute atomic E-state index is 13.7. The first-order chi connectivity index (χ1) is 9.58. The van der Waals surface area contributed by atoms with Crippen LogP contribution in [-0.2, 0) is 0 Å². The number of rotatable bonds is 5. The first-order valence-electron chi connectivity index (χ1n) is 6.58. The minimum absolute atomic E-state index is 0.0724. The van der Waals surface area contributed by atoms with Gasteiger partial charge in [-0.1, -0.05) is 0 Å². The molecule has 0 amide bonds. The molecule has 1 heterocycles. The summed E-state index contributed by atoms with van der Waals surface area (Å²) in [7, 11) is 0. The number of hydrogen-bond donors (Lipinski definition) is 1. The van der Waals surface area contributed by atoms with Crippen molar-refractivity contribution in [3.05, 3.63) is 33.6 Å². The van der Waals surface area contributed by atoms with Crippen LogP contribution in [0.1, 0.15) is 5.56 Å². The Labute approximate surface area is 116 Å². The molecule has 0 bridgehead atoms. The summed E-state index contributed by atoms with van der Waals surface area (Å²) >= 11 is 0. The maximum atomic E-state index is 13.7. The lowest BCUT2D eigenvalue weighted by atomic mass is 10.2. The van der Waals surface area contributed by atoms with Crippen LogP contribution in [0.5, 0.6) is 5.75 Å². The second-order valence-electron chi connectivity index (χ2n) is 4.77. The Hall–Kier alpha value is -1.73. The number of nitro groups is 1. The molecule has 1 aliphatic heterocycles. The molecule has 2 rings (SSSR count). The highest BCUT2D eigenvalue weighted by molar-refractivity contribution is 5.45. The zero-order valence-electron chi connectivity index (χ0n) is 11.4. The van der Waals surface area contributed by atoms with Crippen LogP contribution >= 0.6 is 0 Å². The first kappa shape index (κ1) is 14.7. The van der Waals surface area contributed by atoms with Gasteiger partial charge in [0.05, 0.1) is 11.0 Å². The summed E-state index contributed by atoms with van der Waals surface area (Å²) < 4.78 is 19.1. The van der Waals surface area contributed by atoms with E-state index in [4.69, 9.17) is 4.74 Å². The smallest absolute Gasteiger partial charge is 0.275 e. The molecule has 1 saturated heterocycles. The molecule has 0 radical (unpaired) electrons. The lowest BCUT2D eigenvalue weighted by Crippen LogP contribution is -2.44. The molecule has 1 fully saturated rings. The van der Waals surface area contributed by atoms with Gasteiger partial charge in [0.15, 0.2) is 11.6 Å². The van der Waals surface area contributed by atoms with Gasteiger partial charge in [-0.3, -0.25) is 15.0 Å². The Morgan fingerprint density at radius 1 is 1.45 bits per heavy atom. The van der Waals surface area contributed by atoms with Gasteiger partial charge in [-0.25, -0.2) is 4.39 Å². The van der Waals surface area contributed by atoms with E-state index in [2.05, 4.69) is 10.2 Å². The van der Waals surface area contributed by atoms with E-state index in [0.717, 1.165) is 38.8 Å². The Kier molecular flexibility index (Phi) is 4.86. The topological polar surface area (TPSA) is 67.6 Å². The molecule has 0 aliphatic carbocycles. The third-order valence-corrected chi connectivity index (χ3v) is 3.32. The molecule has 1 aromatic rings. The fraction of sp³-hybridized carbons (Fsp3) is 0.538. The van der Waals surface area contributed by atoms with E-state index in [1.807, 2.05) is 0 Å². The van der Waals surface area contributed by atoms with Crippen molar-refractivity contribution in [2.24, 2.45) is 0 Å². The zero-order valence-corrected chi connectivity index (χ0v) is 11.4. The molecule has 1 N–H and O–H groups in total. The van der Waals surface area contributed by atoms with Gasteiger partial charge in [0.25, 0.3) is 5.69 Å². The molecule has 1 aliphatic rings. The third kappa shape index (κ3) is 3.64. The lowest BCUT2D eigenvalue weighted by Gasteiger charge is -2.26. The third-order valence-electron chi connectivity index (χ3n) is 3.32. The average Bonchev–Trinajstić information content (AvgIpc) is 2.43. The number of aryl methyl sites for hydroxylation is 1. The number of halogens is 1. The van der Waals surface area contributed by atoms with Gasteiger partial charge in [-0.15, -0.1) is 0 Å². The Bertz CT molecular complexity index is 490. The number of nitro benzene ring substituents is 1. The zero-order chi connectivity index (χ0) is 14.5. The SMILES string of the molecule is Cc1cc(OCCN2CCNCC2)c(F)cc1[N+](=O)[O-]. The van der Waals surface area contributed by atoms with Gasteiger partial charge in [0.2, 0.25) is 0 Å². The highest BCUT2D eigenvalue weighted by atomic mass is 19.1. The number of nitrogens with zero attached hydrogens (tertiary/aromatic N) is 2. The quantitative estimate of drug-likeness (QED) is 0.652. The van der Waals surface area contributed by atoms with Crippen LogP contribution in [0.3, 0.4) is 0 Å². The van der Waals surface area contributed by atoms with Crippen molar-refractivity contribution in [2.75, 3.05) is 39.3 Å². The summed E-state index contributed by atoms with van der Waals surface area (Å²) in [6.07, 6.45) is 0. The van der Waals surface area contributed by atoms with E-state index in [-0.39, 0.29) is 11.4 Å². The van der Waals surface area contributed by atoms with Crippen molar-refractivity contribution >= 4 is 5.69 Å². The molecule has 1 aromatic carbocycles. The standard InChI is InChI=1S/C13H18FN3O3/c1-10-8-13(11(14)9-12(10)17(18)19)20-7-6-16-4-2-15-3-5-16/h8-9,15H,2-7H2,1H3. The summed E-state index contributed by atoms with van der Waals surface area (Å²) in [5.41, 5.74) is 0.172. The van der Waals surface area contributed by atoms with E-state index in [1.165, 1.54) is 6.07 Å². The van der Waals surface area contributed by atoms with Gasteiger partial charge in [0, 0.05) is 38.3 Å². The average molecular weight is 283 g/mol.